The van der Waals surface area contributed by atoms with E-state index in [1.807, 2.05) is 13.0 Å². The molecule has 1 heterocycles. The Hall–Kier alpha value is -2.00. The number of nitrogens with one attached hydrogen (secondary N) is 2. The summed E-state index contributed by atoms with van der Waals surface area (Å²) in [6.07, 6.45) is -3.20. The number of rotatable bonds is 7. The summed E-state index contributed by atoms with van der Waals surface area (Å²) >= 11 is 0. The molecule has 0 radical (unpaired) electrons. The lowest BCUT2D eigenvalue weighted by molar-refractivity contribution is -0.153. The van der Waals surface area contributed by atoms with Gasteiger partial charge in [0.25, 0.3) is 0 Å². The van der Waals surface area contributed by atoms with Gasteiger partial charge in [0.2, 0.25) is 0 Å². The Kier molecular flexibility index (Phi) is 9.03. The number of benzene rings is 1. The molecule has 0 aliphatic carbocycles. The topological polar surface area (TPSA) is 52.1 Å². The van der Waals surface area contributed by atoms with Gasteiger partial charge in [-0.15, -0.1) is 0 Å². The maximum Gasteiger partial charge on any atom is 0.422 e. The number of aliphatic imine (C=N–C) groups is 1. The highest BCUT2D eigenvalue weighted by Gasteiger charge is 2.28. The largest absolute Gasteiger partial charge is 0.484 e. The summed E-state index contributed by atoms with van der Waals surface area (Å²) in [5.41, 5.74) is 1.50. The van der Waals surface area contributed by atoms with Crippen molar-refractivity contribution in [3.8, 4) is 5.75 Å². The Morgan fingerprint density at radius 1 is 1.17 bits per heavy atom. The average Bonchev–Trinajstić information content (AvgIpc) is 2.87. The SMILES string of the molecule is CN=C(NCCN1CCCN(C)CC1)NCc1ccc(C)cc1OCC(F)(F)F. The van der Waals surface area contributed by atoms with E-state index < -0.39 is 12.8 Å². The Bertz CT molecular complexity index is 666. The smallest absolute Gasteiger partial charge is 0.422 e. The normalized spacial score (nSPS) is 17.1. The molecule has 0 amide bonds. The van der Waals surface area contributed by atoms with Gasteiger partial charge in [0.05, 0.1) is 0 Å². The minimum absolute atomic E-state index is 0.235. The van der Waals surface area contributed by atoms with Crippen LogP contribution < -0.4 is 15.4 Å². The number of hydrogen-bond donors (Lipinski definition) is 2. The van der Waals surface area contributed by atoms with Crippen molar-refractivity contribution < 1.29 is 17.9 Å². The summed E-state index contributed by atoms with van der Waals surface area (Å²) < 4.78 is 42.5. The van der Waals surface area contributed by atoms with Crippen LogP contribution >= 0.6 is 0 Å². The maximum absolute atomic E-state index is 12.5. The lowest BCUT2D eigenvalue weighted by Crippen LogP contribution is -2.42. The molecule has 29 heavy (non-hydrogen) atoms. The molecule has 1 aromatic rings. The predicted octanol–water partition coefficient (Wildman–Crippen LogP) is 2.24. The molecule has 2 rings (SSSR count). The van der Waals surface area contributed by atoms with Crippen LogP contribution in [-0.2, 0) is 6.54 Å². The molecular weight excluding hydrogens is 383 g/mol. The molecule has 9 heteroatoms. The van der Waals surface area contributed by atoms with Gasteiger partial charge in [-0.05, 0) is 45.1 Å². The number of hydrogen-bond acceptors (Lipinski definition) is 4. The van der Waals surface area contributed by atoms with Gasteiger partial charge in [-0.2, -0.15) is 13.2 Å². The van der Waals surface area contributed by atoms with Crippen molar-refractivity contribution in [1.29, 1.82) is 0 Å². The van der Waals surface area contributed by atoms with Gasteiger partial charge >= 0.3 is 6.18 Å². The summed E-state index contributed by atoms with van der Waals surface area (Å²) in [5.74, 6) is 0.846. The molecule has 1 saturated heterocycles. The number of alkyl halides is 3. The molecule has 0 unspecified atom stereocenters. The molecule has 1 aliphatic rings. The second kappa shape index (κ2) is 11.3. The van der Waals surface area contributed by atoms with Crippen molar-refractivity contribution in [2.45, 2.75) is 26.1 Å². The highest BCUT2D eigenvalue weighted by molar-refractivity contribution is 5.79. The first kappa shape index (κ1) is 23.3. The first-order valence-electron chi connectivity index (χ1n) is 9.91. The lowest BCUT2D eigenvalue weighted by atomic mass is 10.1. The highest BCUT2D eigenvalue weighted by Crippen LogP contribution is 2.23. The number of halogens is 3. The molecule has 0 aromatic heterocycles. The molecule has 0 saturated carbocycles. The summed E-state index contributed by atoms with van der Waals surface area (Å²) in [6.45, 7) is 6.83. The first-order valence-corrected chi connectivity index (χ1v) is 9.91. The fourth-order valence-corrected chi connectivity index (χ4v) is 3.16. The summed E-state index contributed by atoms with van der Waals surface area (Å²) in [4.78, 5) is 8.96. The van der Waals surface area contributed by atoms with Crippen LogP contribution in [0.5, 0.6) is 5.75 Å². The van der Waals surface area contributed by atoms with Gasteiger partial charge in [0.1, 0.15) is 5.75 Å². The first-order chi connectivity index (χ1) is 13.8. The van der Waals surface area contributed by atoms with Gasteiger partial charge in [-0.3, -0.25) is 4.99 Å². The standard InChI is InChI=1S/C20H32F3N5O/c1-16-5-6-17(18(13-16)29-15-20(21,22)23)14-26-19(24-2)25-7-10-28-9-4-8-27(3)11-12-28/h5-6,13H,4,7-12,14-15H2,1-3H3,(H2,24,25,26). The number of nitrogens with zero attached hydrogens (tertiary/aromatic N) is 3. The molecule has 0 atom stereocenters. The zero-order chi connectivity index (χ0) is 21.3. The van der Waals surface area contributed by atoms with E-state index in [2.05, 4.69) is 32.5 Å². The number of likely N-dealkylation sites (N-methyl/N-ethyl adjacent to an activating group) is 1. The van der Waals surface area contributed by atoms with E-state index >= 15 is 0 Å². The van der Waals surface area contributed by atoms with Gasteiger partial charge in [0, 0.05) is 45.3 Å². The molecular formula is C20H32F3N5O. The third kappa shape index (κ3) is 8.91. The average molecular weight is 416 g/mol. The summed E-state index contributed by atoms with van der Waals surface area (Å²) in [5, 5.41) is 6.42. The van der Waals surface area contributed by atoms with Crippen LogP contribution in [0.15, 0.2) is 23.2 Å². The van der Waals surface area contributed by atoms with Crippen molar-refractivity contribution in [2.75, 3.05) is 60.0 Å². The third-order valence-corrected chi connectivity index (χ3v) is 4.82. The molecule has 0 spiro atoms. The molecule has 0 bridgehead atoms. The van der Waals surface area contributed by atoms with E-state index in [1.165, 1.54) is 0 Å². The fourth-order valence-electron chi connectivity index (χ4n) is 3.16. The number of guanidine groups is 1. The Labute approximate surface area is 171 Å². The third-order valence-electron chi connectivity index (χ3n) is 4.82. The second-order valence-electron chi connectivity index (χ2n) is 7.37. The minimum Gasteiger partial charge on any atom is -0.484 e. The zero-order valence-electron chi connectivity index (χ0n) is 17.5. The van der Waals surface area contributed by atoms with Crippen LogP contribution in [0.2, 0.25) is 0 Å². The molecule has 164 valence electrons. The van der Waals surface area contributed by atoms with Crippen molar-refractivity contribution in [1.82, 2.24) is 20.4 Å². The minimum atomic E-state index is -4.37. The summed E-state index contributed by atoms with van der Waals surface area (Å²) in [7, 11) is 3.82. The Balaban J connectivity index is 1.82. The van der Waals surface area contributed by atoms with Crippen LogP contribution in [0.1, 0.15) is 17.5 Å². The molecule has 1 fully saturated rings. The second-order valence-corrected chi connectivity index (χ2v) is 7.37. The van der Waals surface area contributed by atoms with Crippen LogP contribution in [0.25, 0.3) is 0 Å². The van der Waals surface area contributed by atoms with E-state index in [-0.39, 0.29) is 5.75 Å². The van der Waals surface area contributed by atoms with E-state index in [0.29, 0.717) is 18.1 Å². The van der Waals surface area contributed by atoms with Crippen molar-refractivity contribution >= 4 is 5.96 Å². The van der Waals surface area contributed by atoms with Gasteiger partial charge in [-0.1, -0.05) is 12.1 Å². The van der Waals surface area contributed by atoms with Crippen molar-refractivity contribution in [3.05, 3.63) is 29.3 Å². The van der Waals surface area contributed by atoms with Gasteiger partial charge in [-0.25, -0.2) is 0 Å². The lowest BCUT2D eigenvalue weighted by Gasteiger charge is -2.21. The van der Waals surface area contributed by atoms with Crippen molar-refractivity contribution in [2.24, 2.45) is 4.99 Å². The summed E-state index contributed by atoms with van der Waals surface area (Å²) in [6, 6.07) is 5.24. The molecule has 6 nitrogen and oxygen atoms in total. The Morgan fingerprint density at radius 2 is 1.97 bits per heavy atom. The van der Waals surface area contributed by atoms with Crippen LogP contribution in [-0.4, -0.2) is 81.9 Å². The van der Waals surface area contributed by atoms with Crippen LogP contribution in [0.4, 0.5) is 13.2 Å². The highest BCUT2D eigenvalue weighted by atomic mass is 19.4. The number of aryl methyl sites for hydroxylation is 1. The van der Waals surface area contributed by atoms with E-state index in [9.17, 15) is 13.2 Å². The van der Waals surface area contributed by atoms with E-state index in [1.54, 1.807) is 19.2 Å². The number of ether oxygens (including phenoxy) is 1. The zero-order valence-corrected chi connectivity index (χ0v) is 17.5. The predicted molar refractivity (Wildman–Crippen MR) is 109 cm³/mol. The maximum atomic E-state index is 12.5. The van der Waals surface area contributed by atoms with E-state index in [4.69, 9.17) is 4.74 Å². The molecule has 2 N–H and O–H groups in total. The molecule has 1 aliphatic heterocycles. The fraction of sp³-hybridized carbons (Fsp3) is 0.650. The Morgan fingerprint density at radius 3 is 2.69 bits per heavy atom. The van der Waals surface area contributed by atoms with E-state index in [0.717, 1.165) is 51.3 Å². The quantitative estimate of drug-likeness (QED) is 0.529. The monoisotopic (exact) mass is 415 g/mol. The molecule has 1 aromatic carbocycles. The van der Waals surface area contributed by atoms with Gasteiger partial charge < -0.3 is 25.2 Å². The van der Waals surface area contributed by atoms with Gasteiger partial charge in [0.15, 0.2) is 12.6 Å². The van der Waals surface area contributed by atoms with Crippen LogP contribution in [0, 0.1) is 6.92 Å². The van der Waals surface area contributed by atoms with Crippen LogP contribution in [0.3, 0.4) is 0 Å². The van der Waals surface area contributed by atoms with Crippen molar-refractivity contribution in [3.63, 3.8) is 0 Å².